The maximum absolute atomic E-state index is 12.8. The number of hydrogen-bond donors (Lipinski definition) is 1. The molecule has 7 nitrogen and oxygen atoms in total. The van der Waals surface area contributed by atoms with Crippen LogP contribution in [0.3, 0.4) is 0 Å². The van der Waals surface area contributed by atoms with E-state index in [9.17, 15) is 23.1 Å². The van der Waals surface area contributed by atoms with E-state index in [4.69, 9.17) is 0 Å². The maximum Gasteiger partial charge on any atom is 0.406 e. The van der Waals surface area contributed by atoms with Crippen LogP contribution in [-0.4, -0.2) is 83.2 Å². The first kappa shape index (κ1) is 22.5. The molecule has 0 radical (unpaired) electrons. The summed E-state index contributed by atoms with van der Waals surface area (Å²) in [6, 6.07) is 7.23. The van der Waals surface area contributed by atoms with Gasteiger partial charge in [0.25, 0.3) is 5.91 Å². The lowest BCUT2D eigenvalue weighted by molar-refractivity contribution is -0.141. The molecule has 1 saturated heterocycles. The minimum atomic E-state index is -4.48. The van der Waals surface area contributed by atoms with Crippen LogP contribution in [0.4, 0.5) is 18.9 Å². The van der Waals surface area contributed by atoms with E-state index in [0.717, 1.165) is 41.6 Å². The number of nitrogens with zero attached hydrogens (tertiary/aromatic N) is 5. The van der Waals surface area contributed by atoms with Crippen LogP contribution in [0.25, 0.3) is 16.9 Å². The number of amides is 1. The fraction of sp³-hybridized carbons (Fsp3) is 0.417. The Morgan fingerprint density at radius 3 is 2.68 bits per heavy atom. The molecule has 10 heteroatoms. The molecule has 0 atom stereocenters. The van der Waals surface area contributed by atoms with Gasteiger partial charge in [-0.05, 0) is 44.3 Å². The van der Waals surface area contributed by atoms with E-state index < -0.39 is 18.6 Å². The van der Waals surface area contributed by atoms with Crippen molar-refractivity contribution in [2.45, 2.75) is 12.6 Å². The van der Waals surface area contributed by atoms with Crippen LogP contribution in [0.1, 0.15) is 15.9 Å². The summed E-state index contributed by atoms with van der Waals surface area (Å²) < 4.78 is 40.3. The van der Waals surface area contributed by atoms with E-state index in [1.165, 1.54) is 6.07 Å². The van der Waals surface area contributed by atoms with Gasteiger partial charge in [0.1, 0.15) is 17.9 Å². The number of fused-ring (bicyclic) bond motifs is 2. The van der Waals surface area contributed by atoms with Crippen molar-refractivity contribution in [3.05, 3.63) is 47.8 Å². The number of pyridine rings is 1. The summed E-state index contributed by atoms with van der Waals surface area (Å²) in [5, 5.41) is 10.6. The van der Waals surface area contributed by atoms with Crippen molar-refractivity contribution in [2.75, 3.05) is 51.7 Å². The third-order valence-electron chi connectivity index (χ3n) is 6.46. The fourth-order valence-electron chi connectivity index (χ4n) is 4.95. The largest absolute Gasteiger partial charge is 0.507 e. The van der Waals surface area contributed by atoms with Gasteiger partial charge in [0, 0.05) is 55.6 Å². The SMILES string of the molecule is CN(C)CC1CN(c2ccn3c(-c4cc(O)c5c(c4)CCN(CC(F)(F)F)C5=O)cnc3c2)C1. The molecule has 0 aliphatic carbocycles. The minimum absolute atomic E-state index is 0.0462. The Morgan fingerprint density at radius 1 is 1.21 bits per heavy atom. The number of halogens is 3. The highest BCUT2D eigenvalue weighted by Gasteiger charge is 2.37. The lowest BCUT2D eigenvalue weighted by atomic mass is 9.94. The Kier molecular flexibility index (Phi) is 5.43. The van der Waals surface area contributed by atoms with Crippen LogP contribution < -0.4 is 4.90 Å². The number of phenolic OH excluding ortho intramolecular Hbond substituents is 1. The molecule has 180 valence electrons. The van der Waals surface area contributed by atoms with Gasteiger partial charge in [-0.1, -0.05) is 0 Å². The zero-order valence-corrected chi connectivity index (χ0v) is 19.0. The van der Waals surface area contributed by atoms with E-state index in [2.05, 4.69) is 28.9 Å². The molecule has 2 aliphatic rings. The van der Waals surface area contributed by atoms with Gasteiger partial charge < -0.3 is 19.8 Å². The Hall–Kier alpha value is -3.27. The van der Waals surface area contributed by atoms with E-state index in [0.29, 0.717) is 17.0 Å². The fourth-order valence-corrected chi connectivity index (χ4v) is 4.95. The number of aromatic hydroxyl groups is 1. The number of imidazole rings is 1. The zero-order valence-electron chi connectivity index (χ0n) is 19.0. The van der Waals surface area contributed by atoms with Gasteiger partial charge in [0.05, 0.1) is 17.5 Å². The quantitative estimate of drug-likeness (QED) is 0.617. The van der Waals surface area contributed by atoms with Crippen molar-refractivity contribution in [3.8, 4) is 17.0 Å². The number of hydrogen-bond acceptors (Lipinski definition) is 5. The molecule has 1 amide bonds. The second kappa shape index (κ2) is 8.19. The first-order valence-electron chi connectivity index (χ1n) is 11.2. The molecule has 1 aromatic carbocycles. The maximum atomic E-state index is 12.8. The van der Waals surface area contributed by atoms with E-state index in [-0.39, 0.29) is 24.3 Å². The summed E-state index contributed by atoms with van der Waals surface area (Å²) in [6.45, 7) is 1.69. The molecule has 3 aromatic rings. The molecule has 1 fully saturated rings. The average molecular weight is 473 g/mol. The number of alkyl halides is 3. The first-order valence-corrected chi connectivity index (χ1v) is 11.2. The van der Waals surface area contributed by atoms with Crippen molar-refractivity contribution < 1.29 is 23.1 Å². The molecular weight excluding hydrogens is 447 g/mol. The van der Waals surface area contributed by atoms with Crippen molar-refractivity contribution in [1.29, 1.82) is 0 Å². The van der Waals surface area contributed by atoms with Crippen LogP contribution in [-0.2, 0) is 6.42 Å². The molecule has 0 bridgehead atoms. The Morgan fingerprint density at radius 2 is 1.97 bits per heavy atom. The predicted molar refractivity (Wildman–Crippen MR) is 122 cm³/mol. The lowest BCUT2D eigenvalue weighted by Crippen LogP contribution is -2.50. The molecule has 34 heavy (non-hydrogen) atoms. The summed E-state index contributed by atoms with van der Waals surface area (Å²) in [4.78, 5) is 22.3. The van der Waals surface area contributed by atoms with Crippen LogP contribution in [0, 0.1) is 5.92 Å². The third-order valence-corrected chi connectivity index (χ3v) is 6.46. The monoisotopic (exact) mass is 473 g/mol. The highest BCUT2D eigenvalue weighted by atomic mass is 19.4. The van der Waals surface area contributed by atoms with E-state index in [1.54, 1.807) is 12.3 Å². The summed E-state index contributed by atoms with van der Waals surface area (Å²) in [7, 11) is 4.15. The second-order valence-corrected chi connectivity index (χ2v) is 9.41. The molecule has 0 saturated carbocycles. The Balaban J connectivity index is 1.40. The van der Waals surface area contributed by atoms with Crippen LogP contribution >= 0.6 is 0 Å². The molecule has 5 rings (SSSR count). The molecule has 0 unspecified atom stereocenters. The van der Waals surface area contributed by atoms with Crippen LogP contribution in [0.15, 0.2) is 36.7 Å². The molecule has 2 aliphatic heterocycles. The topological polar surface area (TPSA) is 64.3 Å². The summed E-state index contributed by atoms with van der Waals surface area (Å²) in [5.41, 5.74) is 3.73. The van der Waals surface area contributed by atoms with E-state index in [1.807, 2.05) is 22.7 Å². The van der Waals surface area contributed by atoms with Crippen molar-refractivity contribution in [3.63, 3.8) is 0 Å². The van der Waals surface area contributed by atoms with Crippen molar-refractivity contribution in [2.24, 2.45) is 5.92 Å². The second-order valence-electron chi connectivity index (χ2n) is 9.41. The van der Waals surface area contributed by atoms with Crippen LogP contribution in [0.2, 0.25) is 0 Å². The van der Waals surface area contributed by atoms with Gasteiger partial charge in [0.2, 0.25) is 0 Å². The van der Waals surface area contributed by atoms with Gasteiger partial charge in [-0.2, -0.15) is 13.2 Å². The molecule has 2 aromatic heterocycles. The van der Waals surface area contributed by atoms with Gasteiger partial charge in [-0.15, -0.1) is 0 Å². The lowest BCUT2D eigenvalue weighted by Gasteiger charge is -2.42. The molecule has 4 heterocycles. The molecule has 1 N–H and O–H groups in total. The van der Waals surface area contributed by atoms with Crippen LogP contribution in [0.5, 0.6) is 5.75 Å². The number of rotatable bonds is 5. The minimum Gasteiger partial charge on any atom is -0.507 e. The van der Waals surface area contributed by atoms with Gasteiger partial charge in [-0.3, -0.25) is 9.20 Å². The van der Waals surface area contributed by atoms with Crippen molar-refractivity contribution >= 4 is 17.2 Å². The summed E-state index contributed by atoms with van der Waals surface area (Å²) in [6.07, 6.45) is -0.616. The standard InChI is InChI=1S/C24H26F3N5O2/c1-29(2)11-15-12-31(13-15)18-4-6-32-19(10-28-21(32)9-18)17-7-16-3-5-30(14-24(25,26)27)23(34)22(16)20(33)8-17/h4,6-10,15,33H,3,5,11-14H2,1-2H3. The molecule has 0 spiro atoms. The van der Waals surface area contributed by atoms with E-state index >= 15 is 0 Å². The summed E-state index contributed by atoms with van der Waals surface area (Å²) >= 11 is 0. The van der Waals surface area contributed by atoms with Gasteiger partial charge in [-0.25, -0.2) is 4.98 Å². The summed E-state index contributed by atoms with van der Waals surface area (Å²) in [5.74, 6) is -0.467. The number of benzene rings is 1. The normalized spacial score (nSPS) is 16.9. The average Bonchev–Trinajstić information content (AvgIpc) is 3.14. The first-order chi connectivity index (χ1) is 16.1. The number of aromatic nitrogens is 2. The Bertz CT molecular complexity index is 1250. The molecular formula is C24H26F3N5O2. The highest BCUT2D eigenvalue weighted by molar-refractivity contribution is 6.00. The van der Waals surface area contributed by atoms with Gasteiger partial charge in [0.15, 0.2) is 0 Å². The zero-order chi connectivity index (χ0) is 24.2. The Labute approximate surface area is 195 Å². The number of anilines is 1. The third kappa shape index (κ3) is 4.18. The number of carbonyl (C=O) groups excluding carboxylic acids is 1. The highest BCUT2D eigenvalue weighted by Crippen LogP contribution is 2.35. The smallest absolute Gasteiger partial charge is 0.406 e. The number of phenols is 1. The number of carbonyl (C=O) groups is 1. The van der Waals surface area contributed by atoms with Gasteiger partial charge >= 0.3 is 6.18 Å². The predicted octanol–water partition coefficient (Wildman–Crippen LogP) is 3.27. The van der Waals surface area contributed by atoms with Crippen molar-refractivity contribution in [1.82, 2.24) is 19.2 Å².